The molecule has 0 spiro atoms. The van der Waals surface area contributed by atoms with Crippen LogP contribution in [0.25, 0.3) is 0 Å². The van der Waals surface area contributed by atoms with Crippen molar-refractivity contribution < 1.29 is 18.3 Å². The van der Waals surface area contributed by atoms with E-state index in [1.807, 2.05) is 0 Å². The van der Waals surface area contributed by atoms with Crippen LogP contribution in [0.4, 0.5) is 0 Å². The summed E-state index contributed by atoms with van der Waals surface area (Å²) in [7, 11) is -3.71. The molecule has 1 atom stereocenters. The highest BCUT2D eigenvalue weighted by Gasteiger charge is 2.37. The van der Waals surface area contributed by atoms with E-state index in [1.165, 1.54) is 4.31 Å². The van der Waals surface area contributed by atoms with Crippen molar-refractivity contribution in [2.24, 2.45) is 0 Å². The first-order valence-corrected chi connectivity index (χ1v) is 10.0. The molecule has 0 radical (unpaired) electrons. The second-order valence-corrected chi connectivity index (χ2v) is 8.22. The summed E-state index contributed by atoms with van der Waals surface area (Å²) in [5.41, 5.74) is 0.837. The number of sulfonamides is 1. The van der Waals surface area contributed by atoms with Gasteiger partial charge in [-0.2, -0.15) is 4.31 Å². The lowest BCUT2D eigenvalue weighted by Crippen LogP contribution is -2.51. The average Bonchev–Trinajstić information content (AvgIpc) is 2.68. The first kappa shape index (κ1) is 18.4. The van der Waals surface area contributed by atoms with Gasteiger partial charge in [0.25, 0.3) is 0 Å². The zero-order chi connectivity index (χ0) is 18.6. The summed E-state index contributed by atoms with van der Waals surface area (Å²) < 4.78 is 27.2. The molecule has 6 nitrogen and oxygen atoms in total. The highest BCUT2D eigenvalue weighted by molar-refractivity contribution is 7.89. The quantitative estimate of drug-likeness (QED) is 0.840. The lowest BCUT2D eigenvalue weighted by molar-refractivity contribution is -0.125. The minimum atomic E-state index is -3.71. The predicted molar refractivity (Wildman–Crippen MR) is 97.9 cm³/mol. The number of hydrogen-bond acceptors (Lipinski definition) is 4. The topological polar surface area (TPSA) is 86.7 Å². The number of piperidine rings is 1. The van der Waals surface area contributed by atoms with E-state index in [0.29, 0.717) is 13.0 Å². The molecule has 138 valence electrons. The van der Waals surface area contributed by atoms with Crippen molar-refractivity contribution in [2.45, 2.75) is 36.7 Å². The molecule has 2 aromatic rings. The number of phenolic OH excluding ortho intramolecular Hbond substituents is 1. The van der Waals surface area contributed by atoms with Gasteiger partial charge in [-0.25, -0.2) is 8.42 Å². The van der Waals surface area contributed by atoms with E-state index < -0.39 is 16.1 Å². The van der Waals surface area contributed by atoms with E-state index >= 15 is 0 Å². The van der Waals surface area contributed by atoms with E-state index in [4.69, 9.17) is 0 Å². The van der Waals surface area contributed by atoms with Gasteiger partial charge in [-0.15, -0.1) is 0 Å². The third-order valence-corrected chi connectivity index (χ3v) is 6.43. The molecule has 1 saturated heterocycles. The second-order valence-electron chi connectivity index (χ2n) is 6.32. The summed E-state index contributed by atoms with van der Waals surface area (Å²) >= 11 is 0. The Hall–Kier alpha value is -2.38. The van der Waals surface area contributed by atoms with Crippen LogP contribution in [0.1, 0.15) is 24.8 Å². The number of phenols is 1. The number of aromatic hydroxyl groups is 1. The Balaban J connectivity index is 1.74. The van der Waals surface area contributed by atoms with E-state index in [9.17, 15) is 18.3 Å². The van der Waals surface area contributed by atoms with Gasteiger partial charge in [-0.1, -0.05) is 36.8 Å². The number of nitrogens with zero attached hydrogens (tertiary/aromatic N) is 1. The largest absolute Gasteiger partial charge is 0.508 e. The van der Waals surface area contributed by atoms with Crippen molar-refractivity contribution >= 4 is 15.9 Å². The Morgan fingerprint density at radius 1 is 1.08 bits per heavy atom. The number of hydrogen-bond donors (Lipinski definition) is 2. The normalized spacial score (nSPS) is 18.4. The lowest BCUT2D eigenvalue weighted by atomic mass is 10.0. The minimum absolute atomic E-state index is 0.160. The van der Waals surface area contributed by atoms with Crippen LogP contribution < -0.4 is 5.32 Å². The molecule has 0 saturated carbocycles. The Morgan fingerprint density at radius 3 is 2.46 bits per heavy atom. The maximum absolute atomic E-state index is 12.9. The number of nitrogens with one attached hydrogen (secondary N) is 1. The summed E-state index contributed by atoms with van der Waals surface area (Å²) in [5.74, 6) is -0.134. The van der Waals surface area contributed by atoms with Crippen LogP contribution >= 0.6 is 0 Å². The van der Waals surface area contributed by atoms with Crippen LogP contribution in [0.2, 0.25) is 0 Å². The first-order valence-electron chi connectivity index (χ1n) is 8.61. The molecule has 1 aliphatic heterocycles. The molecule has 26 heavy (non-hydrogen) atoms. The van der Waals surface area contributed by atoms with Crippen LogP contribution in [0.3, 0.4) is 0 Å². The van der Waals surface area contributed by atoms with Crippen molar-refractivity contribution in [1.82, 2.24) is 9.62 Å². The van der Waals surface area contributed by atoms with E-state index in [1.54, 1.807) is 54.6 Å². The summed E-state index contributed by atoms with van der Waals surface area (Å²) in [5, 5.41) is 12.1. The zero-order valence-corrected chi connectivity index (χ0v) is 15.2. The molecular weight excluding hydrogens is 352 g/mol. The molecule has 1 unspecified atom stereocenters. The molecule has 7 heteroatoms. The Kier molecular flexibility index (Phi) is 5.58. The van der Waals surface area contributed by atoms with Crippen LogP contribution in [0.5, 0.6) is 5.75 Å². The van der Waals surface area contributed by atoms with E-state index in [-0.39, 0.29) is 23.1 Å². The van der Waals surface area contributed by atoms with Gasteiger partial charge in [0.05, 0.1) is 4.90 Å². The molecule has 1 aliphatic rings. The molecule has 1 amide bonds. The number of carbonyl (C=O) groups excluding carboxylic acids is 1. The molecular formula is C19H22N2O4S. The Bertz CT molecular complexity index is 851. The number of carbonyl (C=O) groups is 1. The van der Waals surface area contributed by atoms with Crippen LogP contribution in [-0.2, 0) is 21.4 Å². The van der Waals surface area contributed by atoms with Gasteiger partial charge >= 0.3 is 0 Å². The molecule has 0 aromatic heterocycles. The minimum Gasteiger partial charge on any atom is -0.508 e. The average molecular weight is 374 g/mol. The van der Waals surface area contributed by atoms with Crippen molar-refractivity contribution in [3.63, 3.8) is 0 Å². The third-order valence-electron chi connectivity index (χ3n) is 4.51. The summed E-state index contributed by atoms with van der Waals surface area (Å²) in [6.07, 6.45) is 2.07. The third kappa shape index (κ3) is 4.05. The number of benzene rings is 2. The van der Waals surface area contributed by atoms with E-state index in [0.717, 1.165) is 18.4 Å². The monoisotopic (exact) mass is 374 g/mol. The molecule has 2 N–H and O–H groups in total. The fourth-order valence-electron chi connectivity index (χ4n) is 3.10. The van der Waals surface area contributed by atoms with Crippen LogP contribution in [-0.4, -0.2) is 36.3 Å². The van der Waals surface area contributed by atoms with Gasteiger partial charge < -0.3 is 10.4 Å². The van der Waals surface area contributed by atoms with Gasteiger partial charge in [-0.05, 0) is 42.7 Å². The van der Waals surface area contributed by atoms with Crippen LogP contribution in [0, 0.1) is 0 Å². The summed E-state index contributed by atoms with van der Waals surface area (Å²) in [6.45, 7) is 0.628. The van der Waals surface area contributed by atoms with Gasteiger partial charge in [0.1, 0.15) is 11.8 Å². The highest BCUT2D eigenvalue weighted by atomic mass is 32.2. The second kappa shape index (κ2) is 7.88. The summed E-state index contributed by atoms with van der Waals surface area (Å²) in [6, 6.07) is 14.0. The van der Waals surface area contributed by atoms with Gasteiger partial charge in [0.2, 0.25) is 15.9 Å². The predicted octanol–water partition coefficient (Wildman–Crippen LogP) is 2.25. The Labute approximate surface area is 153 Å². The summed E-state index contributed by atoms with van der Waals surface area (Å²) in [4.78, 5) is 12.9. The van der Waals surface area contributed by atoms with Gasteiger partial charge in [-0.3, -0.25) is 4.79 Å². The molecule has 3 rings (SSSR count). The maximum Gasteiger partial charge on any atom is 0.243 e. The van der Waals surface area contributed by atoms with Gasteiger partial charge in [0.15, 0.2) is 0 Å². The van der Waals surface area contributed by atoms with Crippen molar-refractivity contribution in [1.29, 1.82) is 0 Å². The standard InChI is InChI=1S/C19H22N2O4S/c22-16-11-9-15(10-12-16)14-20-19(23)18-8-4-5-13-21(18)26(24,25)17-6-2-1-3-7-17/h1-3,6-7,9-12,18,22H,4-5,8,13-14H2,(H,20,23). The number of rotatable bonds is 5. The first-order chi connectivity index (χ1) is 12.5. The maximum atomic E-state index is 12.9. The SMILES string of the molecule is O=C(NCc1ccc(O)cc1)C1CCCCN1S(=O)(=O)c1ccccc1. The van der Waals surface area contributed by atoms with Crippen molar-refractivity contribution in [3.05, 3.63) is 60.2 Å². The smallest absolute Gasteiger partial charge is 0.243 e. The molecule has 2 aromatic carbocycles. The fraction of sp³-hybridized carbons (Fsp3) is 0.316. The van der Waals surface area contributed by atoms with Crippen LogP contribution in [0.15, 0.2) is 59.5 Å². The lowest BCUT2D eigenvalue weighted by Gasteiger charge is -2.33. The molecule has 1 heterocycles. The van der Waals surface area contributed by atoms with Crippen molar-refractivity contribution in [3.8, 4) is 5.75 Å². The van der Waals surface area contributed by atoms with Gasteiger partial charge in [0, 0.05) is 13.1 Å². The Morgan fingerprint density at radius 2 is 1.77 bits per heavy atom. The van der Waals surface area contributed by atoms with Crippen molar-refractivity contribution in [2.75, 3.05) is 6.54 Å². The highest BCUT2D eigenvalue weighted by Crippen LogP contribution is 2.25. The van der Waals surface area contributed by atoms with E-state index in [2.05, 4.69) is 5.32 Å². The number of amides is 1. The molecule has 1 fully saturated rings. The molecule has 0 bridgehead atoms. The molecule has 0 aliphatic carbocycles. The fourth-order valence-corrected chi connectivity index (χ4v) is 4.78. The zero-order valence-electron chi connectivity index (χ0n) is 14.3.